The SMILES string of the molecule is Cc1cnc2c(S(=O)(=O)N(C)CC(C)O)cccc2c1. The molecule has 0 aliphatic rings. The Balaban J connectivity index is 2.57. The third-order valence-corrected chi connectivity index (χ3v) is 4.88. The van der Waals surface area contributed by atoms with E-state index in [0.717, 1.165) is 15.3 Å². The summed E-state index contributed by atoms with van der Waals surface area (Å²) >= 11 is 0. The number of pyridine rings is 1. The van der Waals surface area contributed by atoms with Gasteiger partial charge in [0.25, 0.3) is 0 Å². The molecule has 0 aliphatic carbocycles. The molecule has 108 valence electrons. The summed E-state index contributed by atoms with van der Waals surface area (Å²) in [5.41, 5.74) is 1.43. The van der Waals surface area contributed by atoms with E-state index in [4.69, 9.17) is 0 Å². The van der Waals surface area contributed by atoms with Gasteiger partial charge in [-0.1, -0.05) is 12.1 Å². The number of aryl methyl sites for hydroxylation is 1. The number of nitrogens with zero attached hydrogens (tertiary/aromatic N) is 2. The number of hydrogen-bond donors (Lipinski definition) is 1. The first kappa shape index (κ1) is 14.9. The molecule has 2 aromatic rings. The van der Waals surface area contributed by atoms with E-state index in [1.165, 1.54) is 7.05 Å². The molecule has 1 unspecified atom stereocenters. The summed E-state index contributed by atoms with van der Waals surface area (Å²) < 4.78 is 26.2. The number of likely N-dealkylation sites (N-methyl/N-ethyl adjacent to an activating group) is 1. The number of sulfonamides is 1. The van der Waals surface area contributed by atoms with E-state index in [-0.39, 0.29) is 11.4 Å². The van der Waals surface area contributed by atoms with E-state index >= 15 is 0 Å². The number of aliphatic hydroxyl groups excluding tert-OH is 1. The fourth-order valence-corrected chi connectivity index (χ4v) is 3.50. The van der Waals surface area contributed by atoms with Gasteiger partial charge in [0.15, 0.2) is 0 Å². The smallest absolute Gasteiger partial charge is 0.245 e. The van der Waals surface area contributed by atoms with Crippen molar-refractivity contribution in [3.05, 3.63) is 36.0 Å². The predicted octanol–water partition coefficient (Wildman–Crippen LogP) is 1.54. The predicted molar refractivity (Wildman–Crippen MR) is 78.0 cm³/mol. The van der Waals surface area contributed by atoms with Crippen LogP contribution in [0.15, 0.2) is 35.4 Å². The van der Waals surface area contributed by atoms with Gasteiger partial charge >= 0.3 is 0 Å². The molecule has 1 aromatic heterocycles. The van der Waals surface area contributed by atoms with Crippen molar-refractivity contribution in [3.63, 3.8) is 0 Å². The van der Waals surface area contributed by atoms with Crippen LogP contribution in [0.1, 0.15) is 12.5 Å². The maximum atomic E-state index is 12.5. The minimum atomic E-state index is -3.66. The first-order chi connectivity index (χ1) is 9.32. The lowest BCUT2D eigenvalue weighted by molar-refractivity contribution is 0.171. The molecule has 6 heteroatoms. The number of para-hydroxylation sites is 1. The third kappa shape index (κ3) is 2.82. The summed E-state index contributed by atoms with van der Waals surface area (Å²) in [5, 5.41) is 10.1. The molecule has 1 heterocycles. The van der Waals surface area contributed by atoms with Gasteiger partial charge in [0.2, 0.25) is 10.0 Å². The average molecular weight is 294 g/mol. The quantitative estimate of drug-likeness (QED) is 0.928. The Hall–Kier alpha value is -1.50. The van der Waals surface area contributed by atoms with Crippen LogP contribution in [-0.2, 0) is 10.0 Å². The van der Waals surface area contributed by atoms with Crippen molar-refractivity contribution in [2.24, 2.45) is 0 Å². The van der Waals surface area contributed by atoms with Crippen molar-refractivity contribution < 1.29 is 13.5 Å². The molecule has 0 spiro atoms. The summed E-state index contributed by atoms with van der Waals surface area (Å²) in [6.07, 6.45) is 0.927. The van der Waals surface area contributed by atoms with Gasteiger partial charge < -0.3 is 5.11 Å². The van der Waals surface area contributed by atoms with Crippen molar-refractivity contribution in [3.8, 4) is 0 Å². The molecule has 1 aromatic carbocycles. The van der Waals surface area contributed by atoms with Crippen LogP contribution in [-0.4, -0.2) is 42.5 Å². The molecule has 2 rings (SSSR count). The Kier molecular flexibility index (Phi) is 4.08. The molecule has 0 saturated carbocycles. The average Bonchev–Trinajstić information content (AvgIpc) is 2.36. The Morgan fingerprint density at radius 1 is 1.40 bits per heavy atom. The number of hydrogen-bond acceptors (Lipinski definition) is 4. The van der Waals surface area contributed by atoms with Crippen LogP contribution in [0.2, 0.25) is 0 Å². The van der Waals surface area contributed by atoms with Crippen LogP contribution in [0.3, 0.4) is 0 Å². The van der Waals surface area contributed by atoms with E-state index in [1.807, 2.05) is 19.1 Å². The van der Waals surface area contributed by atoms with Gasteiger partial charge in [-0.2, -0.15) is 4.31 Å². The lowest BCUT2D eigenvalue weighted by Crippen LogP contribution is -2.33. The largest absolute Gasteiger partial charge is 0.392 e. The highest BCUT2D eigenvalue weighted by molar-refractivity contribution is 7.89. The molecular formula is C14H18N2O3S. The second kappa shape index (κ2) is 5.47. The van der Waals surface area contributed by atoms with Crippen LogP contribution in [0.5, 0.6) is 0 Å². The van der Waals surface area contributed by atoms with Crippen molar-refractivity contribution in [2.45, 2.75) is 24.8 Å². The van der Waals surface area contributed by atoms with Crippen molar-refractivity contribution in [1.29, 1.82) is 0 Å². The standard InChI is InChI=1S/C14H18N2O3S/c1-10-7-12-5-4-6-13(14(12)15-8-10)20(18,19)16(3)9-11(2)17/h4-8,11,17H,9H2,1-3H3. The molecule has 0 bridgehead atoms. The minimum Gasteiger partial charge on any atom is -0.392 e. The van der Waals surface area contributed by atoms with Gasteiger partial charge in [-0.25, -0.2) is 8.42 Å². The minimum absolute atomic E-state index is 0.0462. The summed E-state index contributed by atoms with van der Waals surface area (Å²) in [6.45, 7) is 3.51. The lowest BCUT2D eigenvalue weighted by Gasteiger charge is -2.19. The monoisotopic (exact) mass is 294 g/mol. The Bertz CT molecular complexity index is 726. The lowest BCUT2D eigenvalue weighted by atomic mass is 10.2. The number of aliphatic hydroxyl groups is 1. The molecule has 0 aliphatic heterocycles. The van der Waals surface area contributed by atoms with Crippen LogP contribution in [0.4, 0.5) is 0 Å². The third-order valence-electron chi connectivity index (χ3n) is 3.02. The van der Waals surface area contributed by atoms with E-state index in [9.17, 15) is 13.5 Å². The van der Waals surface area contributed by atoms with E-state index in [1.54, 1.807) is 25.3 Å². The second-order valence-electron chi connectivity index (χ2n) is 4.98. The fourth-order valence-electron chi connectivity index (χ4n) is 2.09. The highest BCUT2D eigenvalue weighted by Crippen LogP contribution is 2.24. The van der Waals surface area contributed by atoms with Gasteiger partial charge in [0, 0.05) is 25.2 Å². The molecule has 5 nitrogen and oxygen atoms in total. The summed E-state index contributed by atoms with van der Waals surface area (Å²) in [6, 6.07) is 6.98. The van der Waals surface area contributed by atoms with E-state index in [2.05, 4.69) is 4.98 Å². The highest BCUT2D eigenvalue weighted by atomic mass is 32.2. The molecule has 0 fully saturated rings. The molecule has 1 atom stereocenters. The maximum Gasteiger partial charge on any atom is 0.245 e. The fraction of sp³-hybridized carbons (Fsp3) is 0.357. The normalized spacial score (nSPS) is 13.8. The van der Waals surface area contributed by atoms with E-state index in [0.29, 0.717) is 5.52 Å². The molecule has 1 N–H and O–H groups in total. The van der Waals surface area contributed by atoms with Crippen molar-refractivity contribution in [1.82, 2.24) is 9.29 Å². The number of aromatic nitrogens is 1. The van der Waals surface area contributed by atoms with Gasteiger partial charge in [0.05, 0.1) is 11.6 Å². The maximum absolute atomic E-state index is 12.5. The van der Waals surface area contributed by atoms with Gasteiger partial charge in [-0.05, 0) is 31.5 Å². The van der Waals surface area contributed by atoms with Gasteiger partial charge in [-0.15, -0.1) is 0 Å². The van der Waals surface area contributed by atoms with Crippen molar-refractivity contribution >= 4 is 20.9 Å². The topological polar surface area (TPSA) is 70.5 Å². The first-order valence-electron chi connectivity index (χ1n) is 6.32. The Morgan fingerprint density at radius 2 is 2.10 bits per heavy atom. The van der Waals surface area contributed by atoms with Crippen molar-refractivity contribution in [2.75, 3.05) is 13.6 Å². The summed E-state index contributed by atoms with van der Waals surface area (Å²) in [7, 11) is -2.21. The highest BCUT2D eigenvalue weighted by Gasteiger charge is 2.24. The van der Waals surface area contributed by atoms with Gasteiger partial charge in [-0.3, -0.25) is 4.98 Å². The molecule has 20 heavy (non-hydrogen) atoms. The zero-order valence-electron chi connectivity index (χ0n) is 11.7. The van der Waals surface area contributed by atoms with Crippen LogP contribution >= 0.6 is 0 Å². The summed E-state index contributed by atoms with van der Waals surface area (Å²) in [4.78, 5) is 4.41. The second-order valence-corrected chi connectivity index (χ2v) is 6.99. The van der Waals surface area contributed by atoms with Crippen LogP contribution < -0.4 is 0 Å². The molecule has 0 amide bonds. The summed E-state index contributed by atoms with van der Waals surface area (Å²) in [5.74, 6) is 0. The molecular weight excluding hydrogens is 276 g/mol. The first-order valence-corrected chi connectivity index (χ1v) is 7.76. The zero-order chi connectivity index (χ0) is 14.9. The zero-order valence-corrected chi connectivity index (χ0v) is 12.6. The van der Waals surface area contributed by atoms with Crippen LogP contribution in [0, 0.1) is 6.92 Å². The van der Waals surface area contributed by atoms with Gasteiger partial charge in [0.1, 0.15) is 4.90 Å². The molecule has 0 radical (unpaired) electrons. The van der Waals surface area contributed by atoms with Crippen LogP contribution in [0.25, 0.3) is 10.9 Å². The number of benzene rings is 1. The molecule has 0 saturated heterocycles. The Morgan fingerprint density at radius 3 is 2.75 bits per heavy atom. The number of fused-ring (bicyclic) bond motifs is 1. The Labute approximate surface area is 118 Å². The van der Waals surface area contributed by atoms with E-state index < -0.39 is 16.1 Å². The number of rotatable bonds is 4.